The summed E-state index contributed by atoms with van der Waals surface area (Å²) < 4.78 is 52.3. The number of ether oxygens (including phenoxy) is 2. The molecule has 1 N–H and O–H groups in total. The highest BCUT2D eigenvalue weighted by molar-refractivity contribution is 7.79. The van der Waals surface area contributed by atoms with Gasteiger partial charge in [0.25, 0.3) is 0 Å². The Balaban J connectivity index is 3.09. The molecule has 0 saturated heterocycles. The highest BCUT2D eigenvalue weighted by Gasteiger charge is 2.14. The van der Waals surface area contributed by atoms with E-state index in [0.717, 1.165) is 12.1 Å². The average molecular weight is 238 g/mol. The van der Waals surface area contributed by atoms with Gasteiger partial charge in [0.15, 0.2) is 11.1 Å². The molecule has 1 aromatic carbocycles. The number of hydrogen-bond donors (Lipinski definition) is 1. The molecule has 1 atom stereocenters. The fourth-order valence-corrected chi connectivity index (χ4v) is 1.45. The van der Waals surface area contributed by atoms with Crippen LogP contribution in [0.1, 0.15) is 0 Å². The van der Waals surface area contributed by atoms with Gasteiger partial charge in [-0.15, -0.1) is 0 Å². The van der Waals surface area contributed by atoms with E-state index < -0.39 is 17.7 Å². The molecular weight excluding hydrogens is 230 g/mol. The summed E-state index contributed by atoms with van der Waals surface area (Å²) in [7, 11) is 1.35. The van der Waals surface area contributed by atoms with Crippen molar-refractivity contribution in [1.82, 2.24) is 0 Å². The Morgan fingerprint density at radius 2 is 2.13 bits per heavy atom. The Kier molecular flexibility index (Phi) is 3.98. The number of halogens is 2. The molecule has 0 heterocycles. The zero-order valence-corrected chi connectivity index (χ0v) is 8.46. The van der Waals surface area contributed by atoms with Crippen LogP contribution in [0.15, 0.2) is 23.1 Å². The molecule has 0 spiro atoms. The minimum atomic E-state index is -3.04. The van der Waals surface area contributed by atoms with Crippen LogP contribution < -0.4 is 9.47 Å². The van der Waals surface area contributed by atoms with Gasteiger partial charge in [-0.05, 0) is 12.1 Å². The van der Waals surface area contributed by atoms with Crippen molar-refractivity contribution in [2.45, 2.75) is 11.5 Å². The second kappa shape index (κ2) is 5.04. The van der Waals surface area contributed by atoms with Crippen molar-refractivity contribution in [2.24, 2.45) is 0 Å². The van der Waals surface area contributed by atoms with Crippen LogP contribution in [0.25, 0.3) is 0 Å². The van der Waals surface area contributed by atoms with Crippen molar-refractivity contribution in [3.63, 3.8) is 0 Å². The smallest absolute Gasteiger partial charge is 0.387 e. The maximum absolute atomic E-state index is 11.9. The molecule has 4 nitrogen and oxygen atoms in total. The first-order chi connectivity index (χ1) is 7.04. The molecule has 0 aliphatic carbocycles. The molecule has 0 radical (unpaired) electrons. The van der Waals surface area contributed by atoms with Gasteiger partial charge in [0.1, 0.15) is 16.4 Å². The van der Waals surface area contributed by atoms with E-state index in [4.69, 9.17) is 9.29 Å². The largest absolute Gasteiger partial charge is 0.497 e. The van der Waals surface area contributed by atoms with Crippen LogP contribution in [0.3, 0.4) is 0 Å². The topological polar surface area (TPSA) is 55.8 Å². The molecule has 1 unspecified atom stereocenters. The molecule has 7 heteroatoms. The lowest BCUT2D eigenvalue weighted by Crippen LogP contribution is -2.05. The van der Waals surface area contributed by atoms with Gasteiger partial charge in [0.2, 0.25) is 0 Å². The van der Waals surface area contributed by atoms with Gasteiger partial charge in [-0.3, -0.25) is 0 Å². The fraction of sp³-hybridized carbons (Fsp3) is 0.250. The number of hydrogen-bond acceptors (Lipinski definition) is 3. The molecule has 0 amide bonds. The monoisotopic (exact) mass is 238 g/mol. The molecule has 84 valence electrons. The van der Waals surface area contributed by atoms with Crippen LogP contribution in [-0.4, -0.2) is 22.5 Å². The zero-order chi connectivity index (χ0) is 11.4. The van der Waals surface area contributed by atoms with Crippen molar-refractivity contribution in [2.75, 3.05) is 7.11 Å². The van der Waals surface area contributed by atoms with Crippen LogP contribution in [0.4, 0.5) is 8.78 Å². The minimum absolute atomic E-state index is 0.255. The lowest BCUT2D eigenvalue weighted by molar-refractivity contribution is -0.0517. The van der Waals surface area contributed by atoms with Gasteiger partial charge in [-0.1, -0.05) is 0 Å². The Bertz CT molecular complexity index is 370. The molecule has 0 bridgehead atoms. The van der Waals surface area contributed by atoms with Gasteiger partial charge in [-0.2, -0.15) is 8.78 Å². The first-order valence-electron chi connectivity index (χ1n) is 3.78. The highest BCUT2D eigenvalue weighted by Crippen LogP contribution is 2.27. The third kappa shape index (κ3) is 3.14. The maximum atomic E-state index is 11.9. The molecule has 0 aliphatic rings. The predicted octanol–water partition coefficient (Wildman–Crippen LogP) is 1.88. The van der Waals surface area contributed by atoms with E-state index in [2.05, 4.69) is 4.74 Å². The van der Waals surface area contributed by atoms with Gasteiger partial charge >= 0.3 is 6.61 Å². The van der Waals surface area contributed by atoms with E-state index in [0.29, 0.717) is 0 Å². The van der Waals surface area contributed by atoms with E-state index in [-0.39, 0.29) is 16.4 Å². The number of alkyl halides is 2. The summed E-state index contributed by atoms with van der Waals surface area (Å²) in [5.74, 6) is -0.0550. The summed E-state index contributed by atoms with van der Waals surface area (Å²) in [6.07, 6.45) is 0. The molecule has 0 saturated carbocycles. The first-order valence-corrected chi connectivity index (χ1v) is 4.89. The summed E-state index contributed by atoms with van der Waals surface area (Å²) in [5, 5.41) is 0. The lowest BCUT2D eigenvalue weighted by atomic mass is 10.3. The second-order valence-electron chi connectivity index (χ2n) is 2.44. The quantitative estimate of drug-likeness (QED) is 0.814. The van der Waals surface area contributed by atoms with E-state index >= 15 is 0 Å². The van der Waals surface area contributed by atoms with Crippen molar-refractivity contribution in [3.8, 4) is 11.5 Å². The molecule has 0 aliphatic heterocycles. The fourth-order valence-electron chi connectivity index (χ4n) is 0.945. The summed E-state index contributed by atoms with van der Waals surface area (Å²) in [5.41, 5.74) is 0. The molecule has 15 heavy (non-hydrogen) atoms. The van der Waals surface area contributed by atoms with E-state index in [1.807, 2.05) is 0 Å². The van der Waals surface area contributed by atoms with Gasteiger partial charge < -0.3 is 14.0 Å². The lowest BCUT2D eigenvalue weighted by Gasteiger charge is -2.09. The summed E-state index contributed by atoms with van der Waals surface area (Å²) in [6.45, 7) is -3.04. The van der Waals surface area contributed by atoms with Gasteiger partial charge in [0.05, 0.1) is 7.11 Å². The highest BCUT2D eigenvalue weighted by atomic mass is 32.2. The van der Waals surface area contributed by atoms with Crippen LogP contribution in [-0.2, 0) is 11.1 Å². The summed E-state index contributed by atoms with van der Waals surface area (Å²) >= 11 is -2.41. The van der Waals surface area contributed by atoms with E-state index in [1.165, 1.54) is 13.2 Å². The van der Waals surface area contributed by atoms with Crippen LogP contribution in [0.5, 0.6) is 11.5 Å². The van der Waals surface area contributed by atoms with Crippen molar-refractivity contribution in [1.29, 1.82) is 0 Å². The van der Waals surface area contributed by atoms with E-state index in [1.54, 1.807) is 0 Å². The standard InChI is InChI=1S/C8H8F2O4S/c1-13-5-2-3-6(14-8(9)10)7(4-5)15(11)12/h2-4,8H,1H3,(H,11,12). The third-order valence-corrected chi connectivity index (χ3v) is 2.25. The Morgan fingerprint density at radius 3 is 2.60 bits per heavy atom. The SMILES string of the molecule is COc1ccc(OC(F)F)c(S(=O)O)c1. The van der Waals surface area contributed by atoms with E-state index in [9.17, 15) is 13.0 Å². The molecule has 1 rings (SSSR count). The number of rotatable bonds is 4. The van der Waals surface area contributed by atoms with Crippen molar-refractivity contribution in [3.05, 3.63) is 18.2 Å². The second-order valence-corrected chi connectivity index (χ2v) is 3.38. The third-order valence-electron chi connectivity index (χ3n) is 1.56. The zero-order valence-electron chi connectivity index (χ0n) is 7.65. The molecule has 0 fully saturated rings. The van der Waals surface area contributed by atoms with Crippen LogP contribution >= 0.6 is 0 Å². The summed E-state index contributed by atoms with van der Waals surface area (Å²) in [4.78, 5) is -0.255. The Hall–Kier alpha value is -1.21. The minimum Gasteiger partial charge on any atom is -0.497 e. The number of methoxy groups -OCH3 is 1. The molecule has 1 aromatic rings. The van der Waals surface area contributed by atoms with Gasteiger partial charge in [0, 0.05) is 6.07 Å². The van der Waals surface area contributed by atoms with Crippen LogP contribution in [0.2, 0.25) is 0 Å². The first kappa shape index (κ1) is 11.9. The van der Waals surface area contributed by atoms with Crippen molar-refractivity contribution < 1.29 is 27.0 Å². The summed E-state index contributed by atoms with van der Waals surface area (Å²) in [6, 6.07) is 3.66. The van der Waals surface area contributed by atoms with Crippen molar-refractivity contribution >= 4 is 11.1 Å². The predicted molar refractivity (Wildman–Crippen MR) is 48.7 cm³/mol. The van der Waals surface area contributed by atoms with Gasteiger partial charge in [-0.25, -0.2) is 4.21 Å². The normalized spacial score (nSPS) is 12.6. The molecular formula is C8H8F2O4S. The van der Waals surface area contributed by atoms with Crippen LogP contribution in [0, 0.1) is 0 Å². The number of benzene rings is 1. The maximum Gasteiger partial charge on any atom is 0.387 e. The Labute approximate surface area is 87.1 Å². The Morgan fingerprint density at radius 1 is 1.47 bits per heavy atom. The molecule has 0 aromatic heterocycles. The average Bonchev–Trinajstić information content (AvgIpc) is 2.17.